The fourth-order valence-electron chi connectivity index (χ4n) is 1.13. The van der Waals surface area contributed by atoms with Crippen molar-refractivity contribution in [3.05, 3.63) is 17.2 Å². The molecule has 0 bridgehead atoms. The molecule has 1 heterocycles. The van der Waals surface area contributed by atoms with Crippen LogP contribution in [-0.4, -0.2) is 31.4 Å². The molecule has 0 aliphatic carbocycles. The minimum atomic E-state index is 0. The Balaban J connectivity index is 0.00000144. The van der Waals surface area contributed by atoms with Crippen molar-refractivity contribution in [1.82, 2.24) is 5.06 Å². The van der Waals surface area contributed by atoms with Crippen LogP contribution in [0.4, 0.5) is 0 Å². The van der Waals surface area contributed by atoms with Crippen LogP contribution >= 0.6 is 0 Å². The SMILES string of the molecule is CN=CC1=C(N)CCN(O[NH-])C1.[Y]. The maximum atomic E-state index is 6.70. The summed E-state index contributed by atoms with van der Waals surface area (Å²) in [6, 6.07) is 0. The summed E-state index contributed by atoms with van der Waals surface area (Å²) >= 11 is 0. The summed E-state index contributed by atoms with van der Waals surface area (Å²) in [6.07, 6.45) is 2.45. The first-order valence-electron chi connectivity index (χ1n) is 3.76. The smallest absolute Gasteiger partial charge is 0.0506 e. The number of hydrogen-bond acceptors (Lipinski definition) is 4. The molecule has 1 rings (SSSR count). The van der Waals surface area contributed by atoms with Gasteiger partial charge in [0.1, 0.15) is 0 Å². The van der Waals surface area contributed by atoms with Gasteiger partial charge in [0.2, 0.25) is 0 Å². The number of rotatable bonds is 2. The molecule has 71 valence electrons. The molecule has 0 spiro atoms. The van der Waals surface area contributed by atoms with Crippen molar-refractivity contribution in [3.8, 4) is 0 Å². The molecule has 1 aliphatic heterocycles. The number of nitrogens with two attached hydrogens (primary N) is 1. The van der Waals surface area contributed by atoms with Crippen LogP contribution in [0.3, 0.4) is 0 Å². The van der Waals surface area contributed by atoms with Crippen molar-refractivity contribution < 1.29 is 37.6 Å². The van der Waals surface area contributed by atoms with Crippen LogP contribution in [0.1, 0.15) is 6.42 Å². The molecule has 1 aliphatic rings. The molecule has 0 aromatic rings. The van der Waals surface area contributed by atoms with E-state index in [0.717, 1.165) is 17.7 Å². The van der Waals surface area contributed by atoms with Gasteiger partial charge in [0, 0.05) is 70.2 Å². The number of aliphatic imine (C=N–C) groups is 1. The topological polar surface area (TPSA) is 74.6 Å². The zero-order valence-electron chi connectivity index (χ0n) is 7.66. The molecular formula is C7H13N4OY-. The first-order valence-corrected chi connectivity index (χ1v) is 3.76. The second kappa shape index (κ2) is 6.62. The third kappa shape index (κ3) is 3.83. The molecule has 0 fully saturated rings. The molecule has 5 nitrogen and oxygen atoms in total. The molecule has 13 heavy (non-hydrogen) atoms. The van der Waals surface area contributed by atoms with Crippen LogP contribution in [0, 0.1) is 0 Å². The normalized spacial score (nSPS) is 19.2. The van der Waals surface area contributed by atoms with E-state index in [4.69, 9.17) is 11.6 Å². The van der Waals surface area contributed by atoms with E-state index >= 15 is 0 Å². The van der Waals surface area contributed by atoms with Crippen molar-refractivity contribution in [1.29, 1.82) is 0 Å². The van der Waals surface area contributed by atoms with Gasteiger partial charge in [-0.2, -0.15) is 0 Å². The molecule has 0 saturated heterocycles. The Hall–Kier alpha value is 0.194. The fraction of sp³-hybridized carbons (Fsp3) is 0.571. The molecular weight excluding hydrogens is 245 g/mol. The van der Waals surface area contributed by atoms with Gasteiger partial charge in [-0.3, -0.25) is 4.99 Å². The van der Waals surface area contributed by atoms with Gasteiger partial charge < -0.3 is 16.6 Å². The maximum Gasteiger partial charge on any atom is 0.0506 e. The van der Waals surface area contributed by atoms with E-state index < -0.39 is 0 Å². The van der Waals surface area contributed by atoms with Crippen molar-refractivity contribution in [2.45, 2.75) is 6.42 Å². The average molecular weight is 258 g/mol. The van der Waals surface area contributed by atoms with E-state index in [-0.39, 0.29) is 32.7 Å². The summed E-state index contributed by atoms with van der Waals surface area (Å²) in [5.41, 5.74) is 7.51. The van der Waals surface area contributed by atoms with Crippen LogP contribution < -0.4 is 5.73 Å². The van der Waals surface area contributed by atoms with E-state index in [2.05, 4.69) is 9.93 Å². The van der Waals surface area contributed by atoms with Gasteiger partial charge in [0.05, 0.1) is 6.54 Å². The molecule has 0 aromatic carbocycles. The Morgan fingerprint density at radius 1 is 1.69 bits per heavy atom. The van der Waals surface area contributed by atoms with Gasteiger partial charge >= 0.3 is 0 Å². The van der Waals surface area contributed by atoms with Gasteiger partial charge in [0.15, 0.2) is 0 Å². The second-order valence-electron chi connectivity index (χ2n) is 2.64. The summed E-state index contributed by atoms with van der Waals surface area (Å²) in [7, 11) is 1.70. The summed E-state index contributed by atoms with van der Waals surface area (Å²) in [6.45, 7) is 1.23. The molecule has 0 aromatic heterocycles. The largest absolute Gasteiger partial charge is 0.528 e. The minimum absolute atomic E-state index is 0. The predicted octanol–water partition coefficient (Wildman–Crippen LogP) is 0.502. The van der Waals surface area contributed by atoms with E-state index in [1.807, 2.05) is 0 Å². The second-order valence-corrected chi connectivity index (χ2v) is 2.64. The first-order chi connectivity index (χ1) is 5.77. The Morgan fingerprint density at radius 2 is 2.38 bits per heavy atom. The zero-order valence-corrected chi connectivity index (χ0v) is 10.5. The Morgan fingerprint density at radius 3 is 2.92 bits per heavy atom. The summed E-state index contributed by atoms with van der Waals surface area (Å²) in [5, 5.41) is 1.54. The molecule has 0 atom stereocenters. The summed E-state index contributed by atoms with van der Waals surface area (Å²) in [5.74, 6) is 6.70. The van der Waals surface area contributed by atoms with Crippen LogP contribution in [-0.2, 0) is 37.6 Å². The summed E-state index contributed by atoms with van der Waals surface area (Å²) < 4.78 is 0. The van der Waals surface area contributed by atoms with Gasteiger partial charge in [-0.05, 0) is 0 Å². The number of nitrogens with one attached hydrogen (secondary N) is 1. The van der Waals surface area contributed by atoms with Gasteiger partial charge in [0.25, 0.3) is 0 Å². The quantitative estimate of drug-likeness (QED) is 0.579. The van der Waals surface area contributed by atoms with Gasteiger partial charge in [-0.1, -0.05) is 0 Å². The number of hydroxylamine groups is 2. The predicted molar refractivity (Wildman–Crippen MR) is 47.2 cm³/mol. The third-order valence-corrected chi connectivity index (χ3v) is 1.80. The van der Waals surface area contributed by atoms with Crippen molar-refractivity contribution in [3.63, 3.8) is 0 Å². The number of hydrogen-bond donors (Lipinski definition) is 1. The van der Waals surface area contributed by atoms with Crippen LogP contribution in [0.2, 0.25) is 0 Å². The maximum absolute atomic E-state index is 6.70. The monoisotopic (exact) mass is 258 g/mol. The van der Waals surface area contributed by atoms with Crippen LogP contribution in [0.5, 0.6) is 0 Å². The first kappa shape index (κ1) is 13.2. The third-order valence-electron chi connectivity index (χ3n) is 1.80. The van der Waals surface area contributed by atoms with Crippen molar-refractivity contribution in [2.24, 2.45) is 10.7 Å². The van der Waals surface area contributed by atoms with E-state index in [0.29, 0.717) is 13.1 Å². The Labute approximate surface area is 103 Å². The van der Waals surface area contributed by atoms with E-state index in [1.54, 1.807) is 13.3 Å². The van der Waals surface area contributed by atoms with Crippen molar-refractivity contribution >= 4 is 6.21 Å². The minimum Gasteiger partial charge on any atom is -0.528 e. The van der Waals surface area contributed by atoms with Crippen LogP contribution in [0.15, 0.2) is 16.3 Å². The molecule has 0 unspecified atom stereocenters. The van der Waals surface area contributed by atoms with E-state index in [1.165, 1.54) is 5.06 Å². The zero-order chi connectivity index (χ0) is 8.97. The van der Waals surface area contributed by atoms with E-state index in [9.17, 15) is 0 Å². The van der Waals surface area contributed by atoms with Gasteiger partial charge in [-0.15, -0.1) is 0 Å². The summed E-state index contributed by atoms with van der Waals surface area (Å²) in [4.78, 5) is 8.22. The fourth-order valence-corrected chi connectivity index (χ4v) is 1.13. The molecule has 1 radical (unpaired) electrons. The standard InChI is InChI=1S/C7H13N4O.Y/c1-10-4-6-5-11(12-9)3-2-7(6)8;/h4,9H,2-3,5,8H2,1H3;/q-1;. The Bertz CT molecular complexity index is 217. The van der Waals surface area contributed by atoms with Crippen LogP contribution in [0.25, 0.3) is 5.90 Å². The molecule has 0 saturated carbocycles. The Kier molecular flexibility index (Phi) is 6.72. The van der Waals surface area contributed by atoms with Crippen molar-refractivity contribution in [2.75, 3.05) is 20.1 Å². The molecule has 0 amide bonds. The number of nitrogens with zero attached hydrogens (tertiary/aromatic N) is 2. The molecule has 6 heteroatoms. The average Bonchev–Trinajstić information content (AvgIpc) is 2.09. The molecule has 3 N–H and O–H groups in total. The van der Waals surface area contributed by atoms with Gasteiger partial charge in [-0.25, -0.2) is 5.06 Å².